The molecular weight excluding hydrogens is 158 g/mol. The Kier molecular flexibility index (Phi) is 4.76. The van der Waals surface area contributed by atoms with Crippen molar-refractivity contribution in [2.45, 2.75) is 19.4 Å². The molecule has 0 aliphatic rings. The number of ether oxygens (including phenoxy) is 1. The van der Waals surface area contributed by atoms with Gasteiger partial charge in [0.1, 0.15) is 0 Å². The van der Waals surface area contributed by atoms with Crippen LogP contribution in [-0.4, -0.2) is 25.0 Å². The average Bonchev–Trinajstić information content (AvgIpc) is 2.03. The van der Waals surface area contributed by atoms with E-state index in [1.165, 1.54) is 7.11 Å². The third-order valence-electron chi connectivity index (χ3n) is 1.27. The topological polar surface area (TPSA) is 55.4 Å². The molecule has 0 heterocycles. The minimum atomic E-state index is -0.870. The summed E-state index contributed by atoms with van der Waals surface area (Å²) in [6.45, 7) is 5.29. The van der Waals surface area contributed by atoms with E-state index in [0.717, 1.165) is 0 Å². The summed E-state index contributed by atoms with van der Waals surface area (Å²) in [6.07, 6.45) is 2.30. The van der Waals surface area contributed by atoms with E-state index in [1.54, 1.807) is 13.0 Å². The fourth-order valence-electron chi connectivity index (χ4n) is 0.684. The zero-order chi connectivity index (χ0) is 9.56. The van der Waals surface area contributed by atoms with Gasteiger partial charge in [-0.05, 0) is 13.3 Å². The zero-order valence-electron chi connectivity index (χ0n) is 7.29. The van der Waals surface area contributed by atoms with Gasteiger partial charge in [-0.1, -0.05) is 6.08 Å². The van der Waals surface area contributed by atoms with E-state index >= 15 is 0 Å². The van der Waals surface area contributed by atoms with Crippen molar-refractivity contribution >= 4 is 11.9 Å². The highest BCUT2D eigenvalue weighted by Gasteiger charge is 2.14. The van der Waals surface area contributed by atoms with Gasteiger partial charge in [-0.3, -0.25) is 4.79 Å². The molecular formula is C8H13NO3. The Morgan fingerprint density at radius 3 is 2.67 bits per heavy atom. The van der Waals surface area contributed by atoms with Crippen LogP contribution in [0, 0.1) is 0 Å². The number of amides is 1. The molecule has 0 aromatic carbocycles. The molecule has 0 aromatic heterocycles. The van der Waals surface area contributed by atoms with Crippen LogP contribution >= 0.6 is 0 Å². The second kappa shape index (κ2) is 5.35. The number of carbonyl (C=O) groups is 2. The second-order valence-electron chi connectivity index (χ2n) is 2.39. The summed E-state index contributed by atoms with van der Waals surface area (Å²) in [6, 6.07) is -0.0888. The van der Waals surface area contributed by atoms with Crippen molar-refractivity contribution in [3.63, 3.8) is 0 Å². The lowest BCUT2D eigenvalue weighted by molar-refractivity contribution is -0.153. The molecule has 0 aliphatic heterocycles. The van der Waals surface area contributed by atoms with E-state index < -0.39 is 11.9 Å². The van der Waals surface area contributed by atoms with Crippen molar-refractivity contribution in [3.8, 4) is 0 Å². The third-order valence-corrected chi connectivity index (χ3v) is 1.27. The summed E-state index contributed by atoms with van der Waals surface area (Å²) in [5, 5.41) is 2.45. The highest BCUT2D eigenvalue weighted by molar-refractivity contribution is 6.32. The summed E-state index contributed by atoms with van der Waals surface area (Å²) in [5.41, 5.74) is 0. The Morgan fingerprint density at radius 1 is 1.67 bits per heavy atom. The fourth-order valence-corrected chi connectivity index (χ4v) is 0.684. The second-order valence-corrected chi connectivity index (χ2v) is 2.39. The summed E-state index contributed by atoms with van der Waals surface area (Å²) in [7, 11) is 1.17. The van der Waals surface area contributed by atoms with E-state index in [4.69, 9.17) is 0 Å². The van der Waals surface area contributed by atoms with Crippen LogP contribution in [0.25, 0.3) is 0 Å². The first-order valence-corrected chi connectivity index (χ1v) is 3.61. The molecule has 4 nitrogen and oxygen atoms in total. The summed E-state index contributed by atoms with van der Waals surface area (Å²) >= 11 is 0. The van der Waals surface area contributed by atoms with Crippen molar-refractivity contribution in [1.29, 1.82) is 0 Å². The SMILES string of the molecule is C=CCC(C)NC(=O)C(=O)OC. The van der Waals surface area contributed by atoms with Gasteiger partial charge in [0.15, 0.2) is 0 Å². The van der Waals surface area contributed by atoms with Crippen molar-refractivity contribution in [2.24, 2.45) is 0 Å². The summed E-state index contributed by atoms with van der Waals surface area (Å²) in [4.78, 5) is 21.4. The predicted molar refractivity (Wildman–Crippen MR) is 44.4 cm³/mol. The van der Waals surface area contributed by atoms with Gasteiger partial charge in [-0.2, -0.15) is 0 Å². The number of carbonyl (C=O) groups excluding carboxylic acids is 2. The van der Waals surface area contributed by atoms with Crippen LogP contribution < -0.4 is 5.32 Å². The van der Waals surface area contributed by atoms with E-state index in [0.29, 0.717) is 6.42 Å². The van der Waals surface area contributed by atoms with Crippen molar-refractivity contribution in [2.75, 3.05) is 7.11 Å². The number of hydrogen-bond acceptors (Lipinski definition) is 3. The van der Waals surface area contributed by atoms with Gasteiger partial charge in [0.05, 0.1) is 7.11 Å². The Hall–Kier alpha value is -1.32. The Bertz CT molecular complexity index is 189. The summed E-state index contributed by atoms with van der Waals surface area (Å²) < 4.78 is 4.21. The molecule has 0 radical (unpaired) electrons. The first-order valence-electron chi connectivity index (χ1n) is 3.61. The molecule has 0 fully saturated rings. The highest BCUT2D eigenvalue weighted by Crippen LogP contribution is 1.90. The maximum atomic E-state index is 10.8. The van der Waals surface area contributed by atoms with Crippen LogP contribution in [-0.2, 0) is 14.3 Å². The van der Waals surface area contributed by atoms with Crippen molar-refractivity contribution in [3.05, 3.63) is 12.7 Å². The smallest absolute Gasteiger partial charge is 0.396 e. The van der Waals surface area contributed by atoms with Gasteiger partial charge < -0.3 is 10.1 Å². The van der Waals surface area contributed by atoms with Crippen LogP contribution in [0.2, 0.25) is 0 Å². The fraction of sp³-hybridized carbons (Fsp3) is 0.500. The molecule has 0 saturated heterocycles. The molecule has 0 rings (SSSR count). The Balaban J connectivity index is 3.83. The first kappa shape index (κ1) is 10.7. The summed E-state index contributed by atoms with van der Waals surface area (Å²) in [5.74, 6) is -1.59. The van der Waals surface area contributed by atoms with Gasteiger partial charge in [0.2, 0.25) is 0 Å². The number of methoxy groups -OCH3 is 1. The zero-order valence-corrected chi connectivity index (χ0v) is 7.29. The average molecular weight is 171 g/mol. The Labute approximate surface area is 71.6 Å². The molecule has 0 aromatic rings. The van der Waals surface area contributed by atoms with E-state index in [1.807, 2.05) is 0 Å². The molecule has 1 unspecified atom stereocenters. The maximum absolute atomic E-state index is 10.8. The van der Waals surface area contributed by atoms with Crippen molar-refractivity contribution < 1.29 is 14.3 Å². The number of nitrogens with one attached hydrogen (secondary N) is 1. The van der Waals surface area contributed by atoms with Gasteiger partial charge in [0, 0.05) is 6.04 Å². The molecule has 0 bridgehead atoms. The molecule has 0 aliphatic carbocycles. The number of esters is 1. The lowest BCUT2D eigenvalue weighted by atomic mass is 10.2. The molecule has 1 N–H and O–H groups in total. The van der Waals surface area contributed by atoms with Crippen LogP contribution in [0.3, 0.4) is 0 Å². The molecule has 68 valence electrons. The first-order chi connectivity index (χ1) is 5.61. The van der Waals surface area contributed by atoms with Crippen LogP contribution in [0.15, 0.2) is 12.7 Å². The quantitative estimate of drug-likeness (QED) is 0.376. The maximum Gasteiger partial charge on any atom is 0.396 e. The van der Waals surface area contributed by atoms with E-state index in [9.17, 15) is 9.59 Å². The van der Waals surface area contributed by atoms with E-state index in [2.05, 4.69) is 16.6 Å². The minimum absolute atomic E-state index is 0.0888. The van der Waals surface area contributed by atoms with Crippen LogP contribution in [0.1, 0.15) is 13.3 Å². The highest BCUT2D eigenvalue weighted by atomic mass is 16.5. The standard InChI is InChI=1S/C8H13NO3/c1-4-5-6(2)9-7(10)8(11)12-3/h4,6H,1,5H2,2-3H3,(H,9,10). The van der Waals surface area contributed by atoms with Gasteiger partial charge in [-0.15, -0.1) is 6.58 Å². The molecule has 1 amide bonds. The molecule has 1 atom stereocenters. The minimum Gasteiger partial charge on any atom is -0.462 e. The normalized spacial score (nSPS) is 11.5. The van der Waals surface area contributed by atoms with Crippen LogP contribution in [0.4, 0.5) is 0 Å². The molecule has 12 heavy (non-hydrogen) atoms. The number of rotatable bonds is 3. The van der Waals surface area contributed by atoms with E-state index in [-0.39, 0.29) is 6.04 Å². The lowest BCUT2D eigenvalue weighted by Gasteiger charge is -2.09. The number of hydrogen-bond donors (Lipinski definition) is 1. The van der Waals surface area contributed by atoms with Crippen LogP contribution in [0.5, 0.6) is 0 Å². The monoisotopic (exact) mass is 171 g/mol. The molecule has 0 spiro atoms. The Morgan fingerprint density at radius 2 is 2.25 bits per heavy atom. The third kappa shape index (κ3) is 3.75. The van der Waals surface area contributed by atoms with Gasteiger partial charge >= 0.3 is 11.9 Å². The van der Waals surface area contributed by atoms with Crippen molar-refractivity contribution in [1.82, 2.24) is 5.32 Å². The van der Waals surface area contributed by atoms with Gasteiger partial charge in [-0.25, -0.2) is 4.79 Å². The molecule has 0 saturated carbocycles. The van der Waals surface area contributed by atoms with Gasteiger partial charge in [0.25, 0.3) is 0 Å². The lowest BCUT2D eigenvalue weighted by Crippen LogP contribution is -2.37. The predicted octanol–water partition coefficient (Wildman–Crippen LogP) is 0.240. The largest absolute Gasteiger partial charge is 0.462 e. The molecule has 4 heteroatoms.